The summed E-state index contributed by atoms with van der Waals surface area (Å²) in [7, 11) is -3.84. The molecule has 2 aromatic carbocycles. The molecule has 0 aliphatic rings. The van der Waals surface area contributed by atoms with Crippen molar-refractivity contribution in [2.45, 2.75) is 45.7 Å². The number of carbonyl (C=O) groups is 2. The monoisotopic (exact) mass is 561 g/mol. The van der Waals surface area contributed by atoms with Gasteiger partial charge in [-0.1, -0.05) is 67.2 Å². The molecule has 2 rings (SSSR count). The summed E-state index contributed by atoms with van der Waals surface area (Å²) in [6.45, 7) is 3.77. The maximum absolute atomic E-state index is 13.6. The van der Waals surface area contributed by atoms with Gasteiger partial charge in [-0.3, -0.25) is 13.9 Å². The first-order chi connectivity index (χ1) is 16.5. The van der Waals surface area contributed by atoms with Gasteiger partial charge in [0.2, 0.25) is 21.8 Å². The van der Waals surface area contributed by atoms with Gasteiger partial charge in [-0.2, -0.15) is 0 Å². The Labute approximate surface area is 222 Å². The Balaban J connectivity index is 2.44. The molecule has 35 heavy (non-hydrogen) atoms. The van der Waals surface area contributed by atoms with Crippen molar-refractivity contribution in [3.63, 3.8) is 0 Å². The molecule has 0 bridgehead atoms. The van der Waals surface area contributed by atoms with Crippen LogP contribution in [0.25, 0.3) is 0 Å². The van der Waals surface area contributed by atoms with Gasteiger partial charge in [-0.25, -0.2) is 8.42 Å². The van der Waals surface area contributed by atoms with E-state index in [1.807, 2.05) is 6.92 Å². The Kier molecular flexibility index (Phi) is 11.1. The minimum absolute atomic E-state index is 0.00167. The molecule has 0 saturated heterocycles. The Bertz CT molecular complexity index is 1140. The lowest BCUT2D eigenvalue weighted by atomic mass is 10.1. The second kappa shape index (κ2) is 13.3. The van der Waals surface area contributed by atoms with E-state index in [2.05, 4.69) is 5.32 Å². The molecule has 1 N–H and O–H groups in total. The van der Waals surface area contributed by atoms with Crippen molar-refractivity contribution < 1.29 is 18.0 Å². The maximum atomic E-state index is 13.6. The number of hydrogen-bond acceptors (Lipinski definition) is 4. The lowest BCUT2D eigenvalue weighted by molar-refractivity contribution is -0.140. The van der Waals surface area contributed by atoms with Crippen molar-refractivity contribution in [3.8, 4) is 0 Å². The van der Waals surface area contributed by atoms with Gasteiger partial charge in [0.05, 0.1) is 11.9 Å². The second-order valence-electron chi connectivity index (χ2n) is 8.08. The van der Waals surface area contributed by atoms with Gasteiger partial charge in [0.15, 0.2) is 0 Å². The topological polar surface area (TPSA) is 86.8 Å². The molecule has 0 heterocycles. The molecule has 0 unspecified atom stereocenters. The lowest BCUT2D eigenvalue weighted by Gasteiger charge is -2.33. The van der Waals surface area contributed by atoms with Crippen LogP contribution in [0, 0.1) is 0 Å². The summed E-state index contributed by atoms with van der Waals surface area (Å²) >= 11 is 18.4. The predicted octanol–water partition coefficient (Wildman–Crippen LogP) is 5.14. The van der Waals surface area contributed by atoms with Crippen molar-refractivity contribution in [3.05, 3.63) is 63.1 Å². The molecule has 2 aromatic rings. The van der Waals surface area contributed by atoms with Crippen LogP contribution in [-0.4, -0.2) is 50.5 Å². The third-order valence-corrected chi connectivity index (χ3v) is 7.31. The summed E-state index contributed by atoms with van der Waals surface area (Å²) < 4.78 is 26.2. The number of nitrogens with one attached hydrogen (secondary N) is 1. The fourth-order valence-corrected chi connectivity index (χ4v) is 5.00. The first-order valence-corrected chi connectivity index (χ1v) is 14.2. The lowest BCUT2D eigenvalue weighted by Crippen LogP contribution is -2.52. The fourth-order valence-electron chi connectivity index (χ4n) is 3.50. The van der Waals surface area contributed by atoms with E-state index in [-0.39, 0.29) is 18.1 Å². The number of halogens is 3. The molecule has 0 aliphatic heterocycles. The van der Waals surface area contributed by atoms with E-state index in [4.69, 9.17) is 34.8 Å². The van der Waals surface area contributed by atoms with Crippen LogP contribution in [0.3, 0.4) is 0 Å². The van der Waals surface area contributed by atoms with Crippen LogP contribution >= 0.6 is 34.8 Å². The zero-order chi connectivity index (χ0) is 26.2. The van der Waals surface area contributed by atoms with Crippen LogP contribution in [0.1, 0.15) is 38.7 Å². The largest absolute Gasteiger partial charge is 0.354 e. The first kappa shape index (κ1) is 29.2. The van der Waals surface area contributed by atoms with E-state index >= 15 is 0 Å². The van der Waals surface area contributed by atoms with Crippen LogP contribution in [-0.2, 0) is 26.2 Å². The average molecular weight is 563 g/mol. The predicted molar refractivity (Wildman–Crippen MR) is 143 cm³/mol. The number of carbonyl (C=O) groups excluding carboxylic acids is 2. The SMILES string of the molecule is CCCCNC(=O)[C@@H](CC)N(Cc1ccc(Cl)cc1Cl)C(=O)CN(c1cccc(Cl)c1)S(C)(=O)=O. The van der Waals surface area contributed by atoms with Gasteiger partial charge in [-0.15, -0.1) is 0 Å². The highest BCUT2D eigenvalue weighted by molar-refractivity contribution is 7.92. The number of sulfonamides is 1. The smallest absolute Gasteiger partial charge is 0.244 e. The standard InChI is InChI=1S/C24H30Cl3N3O4S/c1-4-6-12-28-24(32)22(5-2)29(15-17-10-11-19(26)14-21(17)27)23(31)16-30(35(3,33)34)20-9-7-8-18(25)13-20/h7-11,13-14,22H,4-6,12,15-16H2,1-3H3,(H,28,32)/t22-/m1/s1. The van der Waals surface area contributed by atoms with Gasteiger partial charge < -0.3 is 10.2 Å². The molecule has 0 spiro atoms. The molecule has 192 valence electrons. The molecular formula is C24H30Cl3N3O4S. The molecule has 1 atom stereocenters. The molecule has 0 radical (unpaired) electrons. The third kappa shape index (κ3) is 8.56. The normalized spacial score (nSPS) is 12.2. The highest BCUT2D eigenvalue weighted by Gasteiger charge is 2.32. The highest BCUT2D eigenvalue weighted by atomic mass is 35.5. The second-order valence-corrected chi connectivity index (χ2v) is 11.3. The fraction of sp³-hybridized carbons (Fsp3) is 0.417. The molecule has 0 fully saturated rings. The summed E-state index contributed by atoms with van der Waals surface area (Å²) in [6.07, 6.45) is 3.04. The molecule has 0 aromatic heterocycles. The Morgan fingerprint density at radius 3 is 2.29 bits per heavy atom. The van der Waals surface area contributed by atoms with Crippen LogP contribution in [0.4, 0.5) is 5.69 Å². The Morgan fingerprint density at radius 1 is 1.03 bits per heavy atom. The van der Waals surface area contributed by atoms with Crippen LogP contribution < -0.4 is 9.62 Å². The number of rotatable bonds is 12. The summed E-state index contributed by atoms with van der Waals surface area (Å²) in [5.41, 5.74) is 0.830. The number of unbranched alkanes of at least 4 members (excludes halogenated alkanes) is 1. The molecule has 11 heteroatoms. The van der Waals surface area contributed by atoms with E-state index in [1.54, 1.807) is 43.3 Å². The van der Waals surface area contributed by atoms with Gasteiger partial charge in [-0.05, 0) is 48.7 Å². The Hall–Kier alpha value is -2.00. The molecule has 0 saturated carbocycles. The summed E-state index contributed by atoms with van der Waals surface area (Å²) in [5.74, 6) is -0.869. The number of nitrogens with zero attached hydrogens (tertiary/aromatic N) is 2. The molecular weight excluding hydrogens is 533 g/mol. The highest BCUT2D eigenvalue weighted by Crippen LogP contribution is 2.25. The first-order valence-electron chi connectivity index (χ1n) is 11.2. The zero-order valence-electron chi connectivity index (χ0n) is 19.9. The maximum Gasteiger partial charge on any atom is 0.244 e. The number of benzene rings is 2. The minimum atomic E-state index is -3.84. The van der Waals surface area contributed by atoms with E-state index < -0.39 is 28.5 Å². The minimum Gasteiger partial charge on any atom is -0.354 e. The van der Waals surface area contributed by atoms with E-state index in [0.717, 1.165) is 23.4 Å². The van der Waals surface area contributed by atoms with Crippen molar-refractivity contribution in [1.29, 1.82) is 0 Å². The van der Waals surface area contributed by atoms with Crippen molar-refractivity contribution >= 4 is 62.3 Å². The van der Waals surface area contributed by atoms with E-state index in [9.17, 15) is 18.0 Å². The van der Waals surface area contributed by atoms with Crippen LogP contribution in [0.2, 0.25) is 15.1 Å². The molecule has 2 amide bonds. The van der Waals surface area contributed by atoms with Gasteiger partial charge >= 0.3 is 0 Å². The van der Waals surface area contributed by atoms with Gasteiger partial charge in [0.25, 0.3) is 0 Å². The third-order valence-electron chi connectivity index (χ3n) is 5.35. The van der Waals surface area contributed by atoms with Crippen LogP contribution in [0.15, 0.2) is 42.5 Å². The number of anilines is 1. The van der Waals surface area contributed by atoms with Crippen molar-refractivity contribution in [2.75, 3.05) is 23.7 Å². The van der Waals surface area contributed by atoms with E-state index in [1.165, 1.54) is 11.0 Å². The zero-order valence-corrected chi connectivity index (χ0v) is 23.0. The van der Waals surface area contributed by atoms with Gasteiger partial charge in [0, 0.05) is 28.2 Å². The van der Waals surface area contributed by atoms with Crippen LogP contribution in [0.5, 0.6) is 0 Å². The van der Waals surface area contributed by atoms with Crippen molar-refractivity contribution in [1.82, 2.24) is 10.2 Å². The van der Waals surface area contributed by atoms with Gasteiger partial charge in [0.1, 0.15) is 12.6 Å². The summed E-state index contributed by atoms with van der Waals surface area (Å²) in [4.78, 5) is 28.0. The molecule has 7 nitrogen and oxygen atoms in total. The number of hydrogen-bond donors (Lipinski definition) is 1. The number of amides is 2. The quantitative estimate of drug-likeness (QED) is 0.363. The van der Waals surface area contributed by atoms with E-state index in [0.29, 0.717) is 33.6 Å². The van der Waals surface area contributed by atoms with Crippen molar-refractivity contribution in [2.24, 2.45) is 0 Å². The summed E-state index contributed by atoms with van der Waals surface area (Å²) in [5, 5.41) is 3.97. The molecule has 0 aliphatic carbocycles. The Morgan fingerprint density at radius 2 is 1.71 bits per heavy atom. The average Bonchev–Trinajstić information content (AvgIpc) is 2.78. The summed E-state index contributed by atoms with van der Waals surface area (Å²) in [6, 6.07) is 10.3.